The summed E-state index contributed by atoms with van der Waals surface area (Å²) in [5, 5.41) is 10.3. The SMILES string of the molecule is CN(C)S(=O)(=O)NC1Cc2c(n(Cc3cnsn3)c3ccc(C#N)cc23)C1. The molecule has 10 heteroatoms. The van der Waals surface area contributed by atoms with Crippen molar-refractivity contribution in [2.75, 3.05) is 14.1 Å². The van der Waals surface area contributed by atoms with Crippen molar-refractivity contribution in [1.82, 2.24) is 22.3 Å². The highest BCUT2D eigenvalue weighted by molar-refractivity contribution is 7.87. The maximum atomic E-state index is 12.2. The second-order valence-electron chi connectivity index (χ2n) is 6.76. The Bertz CT molecular complexity index is 1140. The lowest BCUT2D eigenvalue weighted by molar-refractivity contribution is 0.487. The zero-order chi connectivity index (χ0) is 19.2. The first kappa shape index (κ1) is 18.1. The molecule has 140 valence electrons. The van der Waals surface area contributed by atoms with E-state index in [4.69, 9.17) is 0 Å². The summed E-state index contributed by atoms with van der Waals surface area (Å²) in [4.78, 5) is 0. The Hall–Kier alpha value is -2.32. The Morgan fingerprint density at radius 3 is 2.89 bits per heavy atom. The van der Waals surface area contributed by atoms with Crippen LogP contribution in [0.25, 0.3) is 10.9 Å². The molecule has 1 aliphatic rings. The van der Waals surface area contributed by atoms with E-state index in [0.29, 0.717) is 24.9 Å². The number of nitriles is 1. The molecule has 0 fully saturated rings. The van der Waals surface area contributed by atoms with E-state index in [0.717, 1.165) is 39.6 Å². The molecule has 0 saturated heterocycles. The molecule has 0 spiro atoms. The quantitative estimate of drug-likeness (QED) is 0.692. The molecule has 1 aromatic carbocycles. The number of rotatable bonds is 5. The molecule has 27 heavy (non-hydrogen) atoms. The monoisotopic (exact) mass is 402 g/mol. The standard InChI is InChI=1S/C17H18N6O2S2/c1-22(2)27(24,25)21-12-6-15-14-5-11(8-18)3-4-16(14)23(17(15)7-12)10-13-9-19-26-20-13/h3-5,9,12,21H,6-7,10H2,1-2H3. The largest absolute Gasteiger partial charge is 0.338 e. The van der Waals surface area contributed by atoms with E-state index in [2.05, 4.69) is 24.1 Å². The van der Waals surface area contributed by atoms with Crippen molar-refractivity contribution in [3.05, 3.63) is 46.9 Å². The van der Waals surface area contributed by atoms with E-state index < -0.39 is 10.2 Å². The van der Waals surface area contributed by atoms with Crippen LogP contribution in [-0.2, 0) is 29.6 Å². The number of hydrogen-bond donors (Lipinski definition) is 1. The van der Waals surface area contributed by atoms with Crippen LogP contribution in [0.1, 0.15) is 22.5 Å². The molecule has 2 heterocycles. The molecule has 8 nitrogen and oxygen atoms in total. The number of hydrogen-bond acceptors (Lipinski definition) is 6. The number of nitrogens with zero attached hydrogens (tertiary/aromatic N) is 5. The summed E-state index contributed by atoms with van der Waals surface area (Å²) in [6.07, 6.45) is 2.93. The third kappa shape index (κ3) is 3.23. The third-order valence-electron chi connectivity index (χ3n) is 4.83. The lowest BCUT2D eigenvalue weighted by Gasteiger charge is -2.18. The first-order chi connectivity index (χ1) is 12.9. The van der Waals surface area contributed by atoms with Crippen LogP contribution in [0.4, 0.5) is 0 Å². The molecule has 0 amide bonds. The maximum Gasteiger partial charge on any atom is 0.279 e. The van der Waals surface area contributed by atoms with Crippen LogP contribution in [-0.4, -0.2) is 46.2 Å². The highest BCUT2D eigenvalue weighted by Gasteiger charge is 2.31. The number of benzene rings is 1. The predicted molar refractivity (Wildman–Crippen MR) is 103 cm³/mol. The molecule has 0 radical (unpaired) electrons. The fourth-order valence-electron chi connectivity index (χ4n) is 3.56. The molecular weight excluding hydrogens is 384 g/mol. The fraction of sp³-hybridized carbons (Fsp3) is 0.353. The Morgan fingerprint density at radius 2 is 2.22 bits per heavy atom. The van der Waals surface area contributed by atoms with E-state index >= 15 is 0 Å². The zero-order valence-corrected chi connectivity index (χ0v) is 16.5. The minimum Gasteiger partial charge on any atom is -0.338 e. The normalized spacial score (nSPS) is 16.7. The highest BCUT2D eigenvalue weighted by Crippen LogP contribution is 2.34. The summed E-state index contributed by atoms with van der Waals surface area (Å²) in [6.45, 7) is 0.571. The predicted octanol–water partition coefficient (Wildman–Crippen LogP) is 1.28. The second kappa shape index (κ2) is 6.69. The number of fused-ring (bicyclic) bond motifs is 3. The molecule has 1 N–H and O–H groups in total. The van der Waals surface area contributed by atoms with Gasteiger partial charge >= 0.3 is 0 Å². The first-order valence-electron chi connectivity index (χ1n) is 8.39. The van der Waals surface area contributed by atoms with Crippen molar-refractivity contribution in [3.8, 4) is 6.07 Å². The van der Waals surface area contributed by atoms with Gasteiger partial charge in [-0.3, -0.25) is 0 Å². The third-order valence-corrected chi connectivity index (χ3v) is 6.94. The van der Waals surface area contributed by atoms with Gasteiger partial charge in [-0.05, 0) is 30.2 Å². The lowest BCUT2D eigenvalue weighted by atomic mass is 10.1. The number of aromatic nitrogens is 3. The van der Waals surface area contributed by atoms with Gasteiger partial charge in [-0.2, -0.15) is 31.5 Å². The Labute approximate surface area is 161 Å². The molecule has 2 aromatic heterocycles. The average Bonchev–Trinajstić information content (AvgIpc) is 3.33. The summed E-state index contributed by atoms with van der Waals surface area (Å²) in [5.74, 6) is 0. The molecule has 3 aromatic rings. The van der Waals surface area contributed by atoms with Crippen LogP contribution in [0.15, 0.2) is 24.4 Å². The molecule has 1 atom stereocenters. The van der Waals surface area contributed by atoms with Crippen LogP contribution in [0.5, 0.6) is 0 Å². The summed E-state index contributed by atoms with van der Waals surface area (Å²) >= 11 is 1.16. The summed E-state index contributed by atoms with van der Waals surface area (Å²) in [5.41, 5.74) is 4.66. The minimum absolute atomic E-state index is 0.211. The zero-order valence-electron chi connectivity index (χ0n) is 14.9. The highest BCUT2D eigenvalue weighted by atomic mass is 32.2. The molecule has 1 unspecified atom stereocenters. The molecule has 1 aliphatic carbocycles. The second-order valence-corrected chi connectivity index (χ2v) is 9.24. The first-order valence-corrected chi connectivity index (χ1v) is 10.6. The Balaban J connectivity index is 1.76. The molecule has 0 aliphatic heterocycles. The van der Waals surface area contributed by atoms with E-state index in [1.54, 1.807) is 12.3 Å². The summed E-state index contributed by atoms with van der Waals surface area (Å²) < 4.78 is 38.9. The molecule has 0 saturated carbocycles. The van der Waals surface area contributed by atoms with Gasteiger partial charge < -0.3 is 4.57 Å². The van der Waals surface area contributed by atoms with Crippen LogP contribution < -0.4 is 4.72 Å². The van der Waals surface area contributed by atoms with Crippen molar-refractivity contribution in [3.63, 3.8) is 0 Å². The van der Waals surface area contributed by atoms with E-state index in [-0.39, 0.29) is 6.04 Å². The molecule has 4 rings (SSSR count). The van der Waals surface area contributed by atoms with Gasteiger partial charge in [0.15, 0.2) is 0 Å². The smallest absolute Gasteiger partial charge is 0.279 e. The summed E-state index contributed by atoms with van der Waals surface area (Å²) in [7, 11) is -0.488. The average molecular weight is 403 g/mol. The van der Waals surface area contributed by atoms with Crippen LogP contribution in [0.3, 0.4) is 0 Å². The molecular formula is C17H18N6O2S2. The van der Waals surface area contributed by atoms with Crippen LogP contribution in [0.2, 0.25) is 0 Å². The van der Waals surface area contributed by atoms with Gasteiger partial charge in [-0.25, -0.2) is 0 Å². The van der Waals surface area contributed by atoms with Gasteiger partial charge in [0.25, 0.3) is 10.2 Å². The van der Waals surface area contributed by atoms with Crippen molar-refractivity contribution < 1.29 is 8.42 Å². The maximum absolute atomic E-state index is 12.2. The van der Waals surface area contributed by atoms with Gasteiger partial charge in [-0.15, -0.1) is 0 Å². The summed E-state index contributed by atoms with van der Waals surface area (Å²) in [6, 6.07) is 7.61. The van der Waals surface area contributed by atoms with Gasteiger partial charge in [0.05, 0.1) is 41.8 Å². The lowest BCUT2D eigenvalue weighted by Crippen LogP contribution is -2.42. The topological polar surface area (TPSA) is 104 Å². The van der Waals surface area contributed by atoms with Crippen molar-refractivity contribution in [2.45, 2.75) is 25.4 Å². The van der Waals surface area contributed by atoms with Gasteiger partial charge in [-0.1, -0.05) is 0 Å². The van der Waals surface area contributed by atoms with E-state index in [1.165, 1.54) is 18.4 Å². The van der Waals surface area contributed by atoms with Gasteiger partial charge in [0, 0.05) is 43.2 Å². The fourth-order valence-corrected chi connectivity index (χ4v) is 4.78. The van der Waals surface area contributed by atoms with Crippen molar-refractivity contribution in [1.29, 1.82) is 5.26 Å². The minimum atomic E-state index is -3.51. The number of nitrogens with one attached hydrogen (secondary N) is 1. The Morgan fingerprint density at radius 1 is 1.41 bits per heavy atom. The van der Waals surface area contributed by atoms with Crippen molar-refractivity contribution in [2.24, 2.45) is 0 Å². The van der Waals surface area contributed by atoms with E-state index in [9.17, 15) is 13.7 Å². The Kier molecular flexibility index (Phi) is 4.47. The van der Waals surface area contributed by atoms with Crippen molar-refractivity contribution >= 4 is 32.8 Å². The van der Waals surface area contributed by atoms with Gasteiger partial charge in [0.1, 0.15) is 0 Å². The molecule has 0 bridgehead atoms. The van der Waals surface area contributed by atoms with Crippen LogP contribution >= 0.6 is 11.7 Å². The van der Waals surface area contributed by atoms with E-state index in [1.807, 2.05) is 12.1 Å². The van der Waals surface area contributed by atoms with Gasteiger partial charge in [0.2, 0.25) is 0 Å². The van der Waals surface area contributed by atoms with Crippen LogP contribution in [0, 0.1) is 11.3 Å².